The molecule has 0 radical (unpaired) electrons. The molecule has 0 saturated heterocycles. The van der Waals surface area contributed by atoms with Crippen molar-refractivity contribution < 1.29 is 9.47 Å². The van der Waals surface area contributed by atoms with E-state index in [9.17, 15) is 0 Å². The lowest BCUT2D eigenvalue weighted by Gasteiger charge is -2.38. The van der Waals surface area contributed by atoms with Crippen LogP contribution in [0.25, 0.3) is 0 Å². The number of nitrogen functional groups attached to an aromatic ring is 1. The molecule has 0 aromatic heterocycles. The Bertz CT molecular complexity index is 1310. The van der Waals surface area contributed by atoms with E-state index in [4.69, 9.17) is 20.6 Å². The van der Waals surface area contributed by atoms with Gasteiger partial charge in [0.05, 0.1) is 0 Å². The van der Waals surface area contributed by atoms with Crippen molar-refractivity contribution in [2.45, 2.75) is 64.6 Å². The van der Waals surface area contributed by atoms with E-state index in [1.807, 2.05) is 32.0 Å². The van der Waals surface area contributed by atoms with E-state index in [2.05, 4.69) is 72.8 Å². The number of amidine groups is 1. The second-order valence-electron chi connectivity index (χ2n) is 9.87. The van der Waals surface area contributed by atoms with Crippen LogP contribution in [0.3, 0.4) is 0 Å². The molecule has 5 rings (SSSR count). The van der Waals surface area contributed by atoms with E-state index in [-0.39, 0.29) is 11.3 Å². The van der Waals surface area contributed by atoms with Gasteiger partial charge in [-0.15, -0.1) is 0 Å². The van der Waals surface area contributed by atoms with E-state index in [0.717, 1.165) is 22.6 Å². The zero-order chi connectivity index (χ0) is 27.5. The van der Waals surface area contributed by atoms with Crippen molar-refractivity contribution in [1.29, 1.82) is 5.41 Å². The van der Waals surface area contributed by atoms with E-state index in [1.165, 1.54) is 43.2 Å². The van der Waals surface area contributed by atoms with Gasteiger partial charge in [-0.05, 0) is 77.6 Å². The SMILES string of the molecule is CC.N=C(N)c1ccc(OCc2cccc(COc3ccc(C4(c5ccccc5)CCCCC4)cc3)c2)cc1. The van der Waals surface area contributed by atoms with Crippen LogP contribution in [0.2, 0.25) is 0 Å². The summed E-state index contributed by atoms with van der Waals surface area (Å²) in [6, 6.07) is 35.3. The zero-order valence-corrected chi connectivity index (χ0v) is 23.2. The van der Waals surface area contributed by atoms with Gasteiger partial charge in [-0.2, -0.15) is 0 Å². The molecule has 0 atom stereocenters. The van der Waals surface area contributed by atoms with Gasteiger partial charge in [0.2, 0.25) is 0 Å². The summed E-state index contributed by atoms with van der Waals surface area (Å²) >= 11 is 0. The molecule has 4 aromatic carbocycles. The number of nitrogens with two attached hydrogens (primary N) is 1. The van der Waals surface area contributed by atoms with E-state index in [1.54, 1.807) is 12.1 Å². The van der Waals surface area contributed by atoms with Crippen molar-refractivity contribution in [2.24, 2.45) is 5.73 Å². The van der Waals surface area contributed by atoms with Crippen LogP contribution in [0.4, 0.5) is 0 Å². The lowest BCUT2D eigenvalue weighted by Crippen LogP contribution is -2.30. The standard InChI is InChI=1S/C33H34N2O2.C2H6/c34-32(35)27-12-16-30(17-13-27)36-23-25-8-7-9-26(22-25)24-37-31-18-14-29(15-19-31)33(20-5-2-6-21-33)28-10-3-1-4-11-28;1-2/h1,3-4,7-19,22H,2,5-6,20-21,23-24H2,(H3,34,35);1-2H3. The average molecular weight is 521 g/mol. The summed E-state index contributed by atoms with van der Waals surface area (Å²) in [4.78, 5) is 0. The van der Waals surface area contributed by atoms with Gasteiger partial charge in [-0.1, -0.05) is 93.8 Å². The van der Waals surface area contributed by atoms with Crippen LogP contribution >= 0.6 is 0 Å². The fraction of sp³-hybridized carbons (Fsp3) is 0.286. The molecular formula is C35H40N2O2. The molecule has 4 heteroatoms. The first kappa shape index (κ1) is 28.0. The number of hydrogen-bond acceptors (Lipinski definition) is 3. The van der Waals surface area contributed by atoms with Crippen LogP contribution in [-0.4, -0.2) is 5.84 Å². The molecule has 0 aliphatic heterocycles. The Morgan fingerprint density at radius 2 is 1.18 bits per heavy atom. The van der Waals surface area contributed by atoms with Crippen LogP contribution < -0.4 is 15.2 Å². The third-order valence-corrected chi connectivity index (χ3v) is 7.41. The minimum atomic E-state index is 0.0542. The first-order valence-electron chi connectivity index (χ1n) is 14.1. The lowest BCUT2D eigenvalue weighted by atomic mass is 9.65. The van der Waals surface area contributed by atoms with Crippen LogP contribution in [0.5, 0.6) is 11.5 Å². The van der Waals surface area contributed by atoms with E-state index in [0.29, 0.717) is 18.8 Å². The van der Waals surface area contributed by atoms with Crippen molar-refractivity contribution in [3.05, 3.63) is 131 Å². The molecular weight excluding hydrogens is 480 g/mol. The largest absolute Gasteiger partial charge is 0.489 e. The van der Waals surface area contributed by atoms with Crippen molar-refractivity contribution >= 4 is 5.84 Å². The highest BCUT2D eigenvalue weighted by Crippen LogP contribution is 2.45. The minimum Gasteiger partial charge on any atom is -0.489 e. The molecule has 0 unspecified atom stereocenters. The molecule has 0 spiro atoms. The first-order chi connectivity index (χ1) is 19.1. The third-order valence-electron chi connectivity index (χ3n) is 7.41. The summed E-state index contributed by atoms with van der Waals surface area (Å²) in [7, 11) is 0. The fourth-order valence-corrected chi connectivity index (χ4v) is 5.40. The number of ether oxygens (including phenoxy) is 2. The first-order valence-corrected chi connectivity index (χ1v) is 14.1. The molecule has 1 saturated carbocycles. The third kappa shape index (κ3) is 7.08. The quantitative estimate of drug-likeness (QED) is 0.172. The highest BCUT2D eigenvalue weighted by Gasteiger charge is 2.35. The molecule has 1 fully saturated rings. The van der Waals surface area contributed by atoms with Gasteiger partial charge >= 0.3 is 0 Å². The van der Waals surface area contributed by atoms with E-state index >= 15 is 0 Å². The van der Waals surface area contributed by atoms with Crippen LogP contribution in [0.1, 0.15) is 73.8 Å². The summed E-state index contributed by atoms with van der Waals surface area (Å²) < 4.78 is 12.1. The maximum atomic E-state index is 7.49. The van der Waals surface area contributed by atoms with Gasteiger partial charge in [0, 0.05) is 11.0 Å². The highest BCUT2D eigenvalue weighted by molar-refractivity contribution is 5.94. The highest BCUT2D eigenvalue weighted by atomic mass is 16.5. The number of nitrogens with one attached hydrogen (secondary N) is 1. The molecule has 39 heavy (non-hydrogen) atoms. The van der Waals surface area contributed by atoms with E-state index < -0.39 is 0 Å². The smallest absolute Gasteiger partial charge is 0.122 e. The molecule has 0 heterocycles. The van der Waals surface area contributed by atoms with Gasteiger partial charge in [0.25, 0.3) is 0 Å². The van der Waals surface area contributed by atoms with Crippen LogP contribution in [0.15, 0.2) is 103 Å². The Hall–Kier alpha value is -4.05. The maximum absolute atomic E-state index is 7.49. The topological polar surface area (TPSA) is 68.3 Å². The molecule has 0 amide bonds. The van der Waals surface area contributed by atoms with Gasteiger partial charge in [-0.25, -0.2) is 0 Å². The number of benzene rings is 4. The summed E-state index contributed by atoms with van der Waals surface area (Å²) in [5.74, 6) is 1.69. The van der Waals surface area contributed by atoms with Crippen molar-refractivity contribution in [2.75, 3.05) is 0 Å². The summed E-state index contributed by atoms with van der Waals surface area (Å²) in [5, 5.41) is 7.49. The Kier molecular flexibility index (Phi) is 9.80. The fourth-order valence-electron chi connectivity index (χ4n) is 5.40. The second-order valence-corrected chi connectivity index (χ2v) is 9.87. The molecule has 4 aromatic rings. The summed E-state index contributed by atoms with van der Waals surface area (Å²) in [6.07, 6.45) is 6.28. The van der Waals surface area contributed by atoms with Crippen molar-refractivity contribution in [3.8, 4) is 11.5 Å². The van der Waals surface area contributed by atoms with Crippen molar-refractivity contribution in [1.82, 2.24) is 0 Å². The Balaban J connectivity index is 0.00000172. The Morgan fingerprint density at radius 1 is 0.667 bits per heavy atom. The van der Waals surface area contributed by atoms with Gasteiger partial charge < -0.3 is 15.2 Å². The molecule has 0 bridgehead atoms. The molecule has 3 N–H and O–H groups in total. The molecule has 1 aliphatic carbocycles. The Morgan fingerprint density at radius 3 is 1.72 bits per heavy atom. The van der Waals surface area contributed by atoms with Gasteiger partial charge in [-0.3, -0.25) is 5.41 Å². The summed E-state index contributed by atoms with van der Waals surface area (Å²) in [6.45, 7) is 4.97. The zero-order valence-electron chi connectivity index (χ0n) is 23.2. The van der Waals surface area contributed by atoms with Gasteiger partial charge in [0.1, 0.15) is 30.5 Å². The molecule has 202 valence electrons. The number of rotatable bonds is 9. The molecule has 4 nitrogen and oxygen atoms in total. The Labute approximate surface area is 233 Å². The second kappa shape index (κ2) is 13.7. The van der Waals surface area contributed by atoms with Crippen molar-refractivity contribution in [3.63, 3.8) is 0 Å². The normalized spacial score (nSPS) is 14.0. The monoisotopic (exact) mass is 520 g/mol. The average Bonchev–Trinajstić information content (AvgIpc) is 3.01. The maximum Gasteiger partial charge on any atom is 0.122 e. The predicted molar refractivity (Wildman–Crippen MR) is 161 cm³/mol. The van der Waals surface area contributed by atoms with Crippen LogP contribution in [-0.2, 0) is 18.6 Å². The predicted octanol–water partition coefficient (Wildman–Crippen LogP) is 8.41. The van der Waals surface area contributed by atoms with Gasteiger partial charge in [0.15, 0.2) is 0 Å². The number of hydrogen-bond donors (Lipinski definition) is 2. The lowest BCUT2D eigenvalue weighted by molar-refractivity contribution is 0.299. The summed E-state index contributed by atoms with van der Waals surface area (Å²) in [5.41, 5.74) is 11.3. The molecule has 1 aliphatic rings. The minimum absolute atomic E-state index is 0.0542. The van der Waals surface area contributed by atoms with Crippen LogP contribution in [0, 0.1) is 5.41 Å².